The van der Waals surface area contributed by atoms with E-state index in [4.69, 9.17) is 4.74 Å². The summed E-state index contributed by atoms with van der Waals surface area (Å²) >= 11 is 1.63. The van der Waals surface area contributed by atoms with Crippen LogP contribution in [0.1, 0.15) is 11.8 Å². The van der Waals surface area contributed by atoms with Crippen LogP contribution in [0.2, 0.25) is 0 Å². The number of nitrogens with one attached hydrogen (secondary N) is 1. The second-order valence-corrected chi connectivity index (χ2v) is 4.76. The maximum Gasteiger partial charge on any atom is 0.157 e. The monoisotopic (exact) mass is 225 g/mol. The van der Waals surface area contributed by atoms with Crippen LogP contribution in [0.5, 0.6) is 0 Å². The molecule has 2 atom stereocenters. The molecular weight excluding hydrogens is 210 g/mol. The first-order chi connectivity index (χ1) is 7.27. The SMILES string of the molecule is CC1OCCNC1C(=O)Cc1cccs1. The molecule has 0 saturated carbocycles. The molecule has 1 aromatic rings. The van der Waals surface area contributed by atoms with Crippen molar-refractivity contribution in [2.75, 3.05) is 13.2 Å². The number of ketones is 1. The highest BCUT2D eigenvalue weighted by Gasteiger charge is 2.27. The number of carbonyl (C=O) groups is 1. The van der Waals surface area contributed by atoms with E-state index in [1.807, 2.05) is 24.4 Å². The summed E-state index contributed by atoms with van der Waals surface area (Å²) < 4.78 is 5.45. The van der Waals surface area contributed by atoms with Crippen LogP contribution in [0.4, 0.5) is 0 Å². The van der Waals surface area contributed by atoms with E-state index in [1.165, 1.54) is 0 Å². The van der Waals surface area contributed by atoms with Crippen LogP contribution in [0.3, 0.4) is 0 Å². The Morgan fingerprint density at radius 3 is 3.27 bits per heavy atom. The van der Waals surface area contributed by atoms with E-state index < -0.39 is 0 Å². The summed E-state index contributed by atoms with van der Waals surface area (Å²) in [5, 5.41) is 5.21. The molecule has 4 heteroatoms. The number of rotatable bonds is 3. The minimum Gasteiger partial charge on any atom is -0.375 e. The lowest BCUT2D eigenvalue weighted by Crippen LogP contribution is -2.52. The number of carbonyl (C=O) groups excluding carboxylic acids is 1. The van der Waals surface area contributed by atoms with Gasteiger partial charge in [-0.05, 0) is 18.4 Å². The maximum atomic E-state index is 11.9. The first-order valence-electron chi connectivity index (χ1n) is 5.17. The van der Waals surface area contributed by atoms with Crippen molar-refractivity contribution in [1.82, 2.24) is 5.32 Å². The molecule has 1 fully saturated rings. The second kappa shape index (κ2) is 4.88. The largest absolute Gasteiger partial charge is 0.375 e. The Morgan fingerprint density at radius 2 is 2.60 bits per heavy atom. The van der Waals surface area contributed by atoms with E-state index in [1.54, 1.807) is 11.3 Å². The van der Waals surface area contributed by atoms with Crippen LogP contribution in [0.15, 0.2) is 17.5 Å². The summed E-state index contributed by atoms with van der Waals surface area (Å²) in [5.74, 6) is 0.227. The van der Waals surface area contributed by atoms with Gasteiger partial charge in [0.2, 0.25) is 0 Å². The number of morpholine rings is 1. The van der Waals surface area contributed by atoms with Crippen molar-refractivity contribution in [2.24, 2.45) is 0 Å². The fourth-order valence-electron chi connectivity index (χ4n) is 1.79. The Bertz CT molecular complexity index is 323. The van der Waals surface area contributed by atoms with Crippen LogP contribution in [-0.4, -0.2) is 31.1 Å². The van der Waals surface area contributed by atoms with E-state index >= 15 is 0 Å². The molecule has 2 rings (SSSR count). The molecule has 82 valence electrons. The number of ether oxygens (including phenoxy) is 1. The van der Waals surface area contributed by atoms with Gasteiger partial charge in [-0.15, -0.1) is 11.3 Å². The van der Waals surface area contributed by atoms with Gasteiger partial charge in [-0.2, -0.15) is 0 Å². The van der Waals surface area contributed by atoms with Gasteiger partial charge in [-0.25, -0.2) is 0 Å². The molecule has 1 N–H and O–H groups in total. The predicted molar refractivity (Wildman–Crippen MR) is 60.2 cm³/mol. The van der Waals surface area contributed by atoms with Crippen LogP contribution in [-0.2, 0) is 16.0 Å². The molecule has 0 bridgehead atoms. The Labute approximate surface area is 93.4 Å². The summed E-state index contributed by atoms with van der Waals surface area (Å²) in [6.45, 7) is 3.41. The lowest BCUT2D eigenvalue weighted by molar-refractivity contribution is -0.126. The van der Waals surface area contributed by atoms with Crippen LogP contribution in [0.25, 0.3) is 0 Å². The molecule has 0 radical (unpaired) electrons. The minimum atomic E-state index is -0.138. The fourth-order valence-corrected chi connectivity index (χ4v) is 2.51. The normalized spacial score (nSPS) is 26.5. The number of thiophene rings is 1. The third-order valence-electron chi connectivity index (χ3n) is 2.59. The predicted octanol–water partition coefficient (Wildman–Crippen LogP) is 1.24. The molecule has 0 spiro atoms. The molecule has 0 aromatic carbocycles. The van der Waals surface area contributed by atoms with Crippen molar-refractivity contribution < 1.29 is 9.53 Å². The average molecular weight is 225 g/mol. The van der Waals surface area contributed by atoms with Gasteiger partial charge in [0, 0.05) is 17.8 Å². The van der Waals surface area contributed by atoms with E-state index in [-0.39, 0.29) is 17.9 Å². The highest BCUT2D eigenvalue weighted by atomic mass is 32.1. The van der Waals surface area contributed by atoms with Crippen LogP contribution in [0, 0.1) is 0 Å². The molecule has 1 aliphatic rings. The average Bonchev–Trinajstić information content (AvgIpc) is 2.71. The Kier molecular flexibility index (Phi) is 3.51. The third kappa shape index (κ3) is 2.65. The highest BCUT2D eigenvalue weighted by molar-refractivity contribution is 7.10. The topological polar surface area (TPSA) is 38.3 Å². The molecule has 1 saturated heterocycles. The van der Waals surface area contributed by atoms with Gasteiger partial charge in [-0.1, -0.05) is 6.07 Å². The van der Waals surface area contributed by atoms with Gasteiger partial charge >= 0.3 is 0 Å². The van der Waals surface area contributed by atoms with E-state index in [0.717, 1.165) is 11.4 Å². The smallest absolute Gasteiger partial charge is 0.157 e. The summed E-state index contributed by atoms with van der Waals surface area (Å²) in [6, 6.07) is 3.83. The first-order valence-corrected chi connectivity index (χ1v) is 6.05. The fraction of sp³-hybridized carbons (Fsp3) is 0.545. The molecule has 0 aliphatic carbocycles. The van der Waals surface area contributed by atoms with Crippen molar-refractivity contribution in [2.45, 2.75) is 25.5 Å². The second-order valence-electron chi connectivity index (χ2n) is 3.73. The lowest BCUT2D eigenvalue weighted by Gasteiger charge is -2.29. The molecule has 2 heterocycles. The van der Waals surface area contributed by atoms with Gasteiger partial charge in [0.05, 0.1) is 18.8 Å². The molecule has 3 nitrogen and oxygen atoms in total. The molecular formula is C11H15NO2S. The highest BCUT2D eigenvalue weighted by Crippen LogP contribution is 2.13. The summed E-state index contributed by atoms with van der Waals surface area (Å²) in [4.78, 5) is 13.1. The van der Waals surface area contributed by atoms with Gasteiger partial charge in [-0.3, -0.25) is 4.79 Å². The zero-order chi connectivity index (χ0) is 10.7. The Hall–Kier alpha value is -0.710. The van der Waals surface area contributed by atoms with Gasteiger partial charge in [0.25, 0.3) is 0 Å². The van der Waals surface area contributed by atoms with Crippen molar-refractivity contribution in [3.8, 4) is 0 Å². The summed E-state index contributed by atoms with van der Waals surface area (Å²) in [7, 11) is 0. The van der Waals surface area contributed by atoms with Crippen molar-refractivity contribution in [1.29, 1.82) is 0 Å². The number of hydrogen-bond donors (Lipinski definition) is 1. The standard InChI is InChI=1S/C11H15NO2S/c1-8-11(12-4-5-14-8)10(13)7-9-3-2-6-15-9/h2-3,6,8,11-12H,4-5,7H2,1H3. The van der Waals surface area contributed by atoms with E-state index in [9.17, 15) is 4.79 Å². The summed E-state index contributed by atoms with van der Waals surface area (Å²) in [5.41, 5.74) is 0. The Morgan fingerprint density at radius 1 is 1.73 bits per heavy atom. The lowest BCUT2D eigenvalue weighted by atomic mass is 10.0. The van der Waals surface area contributed by atoms with Crippen LogP contribution < -0.4 is 5.32 Å². The van der Waals surface area contributed by atoms with Crippen molar-refractivity contribution in [3.05, 3.63) is 22.4 Å². The molecule has 15 heavy (non-hydrogen) atoms. The zero-order valence-electron chi connectivity index (χ0n) is 8.73. The maximum absolute atomic E-state index is 11.9. The van der Waals surface area contributed by atoms with E-state index in [0.29, 0.717) is 13.0 Å². The van der Waals surface area contributed by atoms with Gasteiger partial charge < -0.3 is 10.1 Å². The van der Waals surface area contributed by atoms with Crippen molar-refractivity contribution >= 4 is 17.1 Å². The van der Waals surface area contributed by atoms with Gasteiger partial charge in [0.15, 0.2) is 5.78 Å². The quantitative estimate of drug-likeness (QED) is 0.841. The number of Topliss-reactive ketones (excluding diaryl/α,β-unsaturated/α-hetero) is 1. The van der Waals surface area contributed by atoms with E-state index in [2.05, 4.69) is 5.32 Å². The Balaban J connectivity index is 1.95. The molecule has 2 unspecified atom stereocenters. The minimum absolute atomic E-state index is 0.00814. The summed E-state index contributed by atoms with van der Waals surface area (Å²) in [6.07, 6.45) is 0.509. The molecule has 0 amide bonds. The zero-order valence-corrected chi connectivity index (χ0v) is 9.55. The molecule has 1 aliphatic heterocycles. The van der Waals surface area contributed by atoms with Crippen LogP contribution >= 0.6 is 11.3 Å². The third-order valence-corrected chi connectivity index (χ3v) is 3.47. The number of hydrogen-bond acceptors (Lipinski definition) is 4. The molecule has 1 aromatic heterocycles. The van der Waals surface area contributed by atoms with Gasteiger partial charge in [0.1, 0.15) is 0 Å². The van der Waals surface area contributed by atoms with Crippen molar-refractivity contribution in [3.63, 3.8) is 0 Å². The first kappa shape index (κ1) is 10.8.